The van der Waals surface area contributed by atoms with Gasteiger partial charge in [-0.3, -0.25) is 4.79 Å². The lowest BCUT2D eigenvalue weighted by molar-refractivity contribution is -0.114. The number of rotatable bonds is 3. The van der Waals surface area contributed by atoms with E-state index in [4.69, 9.17) is 0 Å². The van der Waals surface area contributed by atoms with Gasteiger partial charge >= 0.3 is 0 Å². The molecule has 4 heteroatoms. The van der Waals surface area contributed by atoms with Crippen LogP contribution < -0.4 is 16.0 Å². The van der Waals surface area contributed by atoms with Crippen molar-refractivity contribution in [3.63, 3.8) is 0 Å². The maximum absolute atomic E-state index is 10.9. The minimum Gasteiger partial charge on any atom is -0.382 e. The summed E-state index contributed by atoms with van der Waals surface area (Å²) in [5, 5.41) is 9.61. The van der Waals surface area contributed by atoms with E-state index in [0.29, 0.717) is 6.04 Å². The molecule has 3 N–H and O–H groups in total. The Balaban J connectivity index is 1.90. The number of carbonyl (C=O) groups excluding carboxylic acids is 1. The first kappa shape index (κ1) is 11.9. The highest BCUT2D eigenvalue weighted by Crippen LogP contribution is 2.16. The van der Waals surface area contributed by atoms with Crippen molar-refractivity contribution in [2.45, 2.75) is 25.8 Å². The molecule has 1 fully saturated rings. The van der Waals surface area contributed by atoms with Gasteiger partial charge in [0.2, 0.25) is 5.91 Å². The summed E-state index contributed by atoms with van der Waals surface area (Å²) < 4.78 is 0. The highest BCUT2D eigenvalue weighted by molar-refractivity contribution is 5.88. The molecule has 0 bridgehead atoms. The maximum atomic E-state index is 10.9. The van der Waals surface area contributed by atoms with Gasteiger partial charge in [0.25, 0.3) is 0 Å². The lowest BCUT2D eigenvalue weighted by atomic mass is 10.1. The predicted octanol–water partition coefficient (Wildman–Crippen LogP) is 1.81. The van der Waals surface area contributed by atoms with E-state index in [1.54, 1.807) is 0 Å². The van der Waals surface area contributed by atoms with Crippen LogP contribution in [0.3, 0.4) is 0 Å². The van der Waals surface area contributed by atoms with Gasteiger partial charge in [0.1, 0.15) is 0 Å². The molecule has 0 unspecified atom stereocenters. The maximum Gasteiger partial charge on any atom is 0.221 e. The summed E-state index contributed by atoms with van der Waals surface area (Å²) >= 11 is 0. The van der Waals surface area contributed by atoms with Gasteiger partial charge in [0.15, 0.2) is 0 Å². The number of benzene rings is 1. The summed E-state index contributed by atoms with van der Waals surface area (Å²) in [4.78, 5) is 10.9. The molecule has 1 aliphatic heterocycles. The first-order valence-electron chi connectivity index (χ1n) is 6.09. The summed E-state index contributed by atoms with van der Waals surface area (Å²) in [6.45, 7) is 3.68. The predicted molar refractivity (Wildman–Crippen MR) is 70.3 cm³/mol. The molecule has 0 aliphatic carbocycles. The zero-order valence-corrected chi connectivity index (χ0v) is 10.1. The molecule has 1 amide bonds. The summed E-state index contributed by atoms with van der Waals surface area (Å²) in [5.74, 6) is -0.0379. The molecule has 1 aromatic rings. The van der Waals surface area contributed by atoms with Gasteiger partial charge in [0, 0.05) is 24.3 Å². The normalized spacial score (nSPS) is 16.5. The average Bonchev–Trinajstić information content (AvgIpc) is 2.32. The number of piperidine rings is 1. The number of carbonyl (C=O) groups is 1. The van der Waals surface area contributed by atoms with E-state index < -0.39 is 0 Å². The van der Waals surface area contributed by atoms with Crippen LogP contribution in [-0.4, -0.2) is 25.0 Å². The lowest BCUT2D eigenvalue weighted by Gasteiger charge is -2.24. The number of hydrogen-bond donors (Lipinski definition) is 3. The van der Waals surface area contributed by atoms with Crippen LogP contribution in [0.1, 0.15) is 19.8 Å². The first-order chi connectivity index (χ1) is 8.24. The van der Waals surface area contributed by atoms with Crippen LogP contribution in [0.15, 0.2) is 24.3 Å². The van der Waals surface area contributed by atoms with Crippen molar-refractivity contribution in [3.05, 3.63) is 24.3 Å². The van der Waals surface area contributed by atoms with Crippen LogP contribution in [0.25, 0.3) is 0 Å². The van der Waals surface area contributed by atoms with Crippen molar-refractivity contribution >= 4 is 17.3 Å². The highest BCUT2D eigenvalue weighted by atomic mass is 16.1. The molecule has 0 saturated carbocycles. The van der Waals surface area contributed by atoms with Crippen molar-refractivity contribution in [1.82, 2.24) is 5.32 Å². The fourth-order valence-corrected chi connectivity index (χ4v) is 2.06. The minimum atomic E-state index is -0.0379. The van der Waals surface area contributed by atoms with E-state index in [-0.39, 0.29) is 5.91 Å². The summed E-state index contributed by atoms with van der Waals surface area (Å²) in [6.07, 6.45) is 2.32. The Morgan fingerprint density at radius 1 is 1.18 bits per heavy atom. The Kier molecular flexibility index (Phi) is 3.98. The molecule has 0 radical (unpaired) electrons. The molecule has 1 aliphatic rings. The molecule has 0 aromatic heterocycles. The number of nitrogens with one attached hydrogen (secondary N) is 3. The van der Waals surface area contributed by atoms with Crippen molar-refractivity contribution < 1.29 is 4.79 Å². The molecule has 1 heterocycles. The molecule has 1 aromatic carbocycles. The van der Waals surface area contributed by atoms with Gasteiger partial charge in [-0.05, 0) is 50.2 Å². The Bertz CT molecular complexity index is 369. The standard InChI is InChI=1S/C13H19N3O/c1-10(17)15-11-2-4-12(5-3-11)16-13-6-8-14-9-7-13/h2-5,13-14,16H,6-9H2,1H3,(H,15,17). The monoisotopic (exact) mass is 233 g/mol. The Labute approximate surface area is 102 Å². The second kappa shape index (κ2) is 5.68. The summed E-state index contributed by atoms with van der Waals surface area (Å²) in [5.41, 5.74) is 1.96. The summed E-state index contributed by atoms with van der Waals surface area (Å²) in [7, 11) is 0. The number of anilines is 2. The third kappa shape index (κ3) is 3.75. The first-order valence-corrected chi connectivity index (χ1v) is 6.09. The van der Waals surface area contributed by atoms with E-state index in [0.717, 1.165) is 37.3 Å². The van der Waals surface area contributed by atoms with Crippen LogP contribution in [0.5, 0.6) is 0 Å². The van der Waals surface area contributed by atoms with Gasteiger partial charge in [-0.15, -0.1) is 0 Å². The second-order valence-electron chi connectivity index (χ2n) is 4.43. The van der Waals surface area contributed by atoms with Crippen LogP contribution in [0.4, 0.5) is 11.4 Å². The van der Waals surface area contributed by atoms with E-state index in [9.17, 15) is 4.79 Å². The number of hydrogen-bond acceptors (Lipinski definition) is 3. The molecule has 0 atom stereocenters. The van der Waals surface area contributed by atoms with Gasteiger partial charge in [0.05, 0.1) is 0 Å². The fraction of sp³-hybridized carbons (Fsp3) is 0.462. The zero-order valence-electron chi connectivity index (χ0n) is 10.1. The second-order valence-corrected chi connectivity index (χ2v) is 4.43. The van der Waals surface area contributed by atoms with Crippen molar-refractivity contribution in [2.24, 2.45) is 0 Å². The van der Waals surface area contributed by atoms with E-state index in [1.165, 1.54) is 6.92 Å². The van der Waals surface area contributed by atoms with E-state index in [1.807, 2.05) is 24.3 Å². The molecule has 2 rings (SSSR count). The van der Waals surface area contributed by atoms with Crippen LogP contribution in [0.2, 0.25) is 0 Å². The Hall–Kier alpha value is -1.55. The Morgan fingerprint density at radius 3 is 2.35 bits per heavy atom. The fourth-order valence-electron chi connectivity index (χ4n) is 2.06. The minimum absolute atomic E-state index is 0.0379. The number of amides is 1. The van der Waals surface area contributed by atoms with Gasteiger partial charge < -0.3 is 16.0 Å². The molecule has 1 saturated heterocycles. The molecule has 4 nitrogen and oxygen atoms in total. The topological polar surface area (TPSA) is 53.2 Å². The van der Waals surface area contributed by atoms with Crippen LogP contribution >= 0.6 is 0 Å². The van der Waals surface area contributed by atoms with Crippen molar-refractivity contribution in [1.29, 1.82) is 0 Å². The van der Waals surface area contributed by atoms with Gasteiger partial charge in [-0.1, -0.05) is 0 Å². The smallest absolute Gasteiger partial charge is 0.221 e. The Morgan fingerprint density at radius 2 is 1.76 bits per heavy atom. The van der Waals surface area contributed by atoms with Gasteiger partial charge in [-0.2, -0.15) is 0 Å². The van der Waals surface area contributed by atoms with Crippen LogP contribution in [0, 0.1) is 0 Å². The van der Waals surface area contributed by atoms with E-state index >= 15 is 0 Å². The summed E-state index contributed by atoms with van der Waals surface area (Å²) in [6, 6.07) is 8.42. The lowest BCUT2D eigenvalue weighted by Crippen LogP contribution is -2.35. The molecule has 92 valence electrons. The highest BCUT2D eigenvalue weighted by Gasteiger charge is 2.11. The molecule has 17 heavy (non-hydrogen) atoms. The van der Waals surface area contributed by atoms with E-state index in [2.05, 4.69) is 16.0 Å². The SMILES string of the molecule is CC(=O)Nc1ccc(NC2CCNCC2)cc1. The third-order valence-electron chi connectivity index (χ3n) is 2.92. The molecular formula is C13H19N3O. The van der Waals surface area contributed by atoms with Crippen LogP contribution in [-0.2, 0) is 4.79 Å². The average molecular weight is 233 g/mol. The third-order valence-corrected chi connectivity index (χ3v) is 2.92. The molecule has 0 spiro atoms. The quantitative estimate of drug-likeness (QED) is 0.746. The van der Waals surface area contributed by atoms with Crippen molar-refractivity contribution in [2.75, 3.05) is 23.7 Å². The van der Waals surface area contributed by atoms with Crippen molar-refractivity contribution in [3.8, 4) is 0 Å². The van der Waals surface area contributed by atoms with Gasteiger partial charge in [-0.25, -0.2) is 0 Å². The molecular weight excluding hydrogens is 214 g/mol. The zero-order chi connectivity index (χ0) is 12.1. The largest absolute Gasteiger partial charge is 0.382 e.